The van der Waals surface area contributed by atoms with Crippen molar-refractivity contribution in [3.8, 4) is 0 Å². The Balaban J connectivity index is 1.69. The molecule has 2 aliphatic carbocycles. The summed E-state index contributed by atoms with van der Waals surface area (Å²) in [5.41, 5.74) is 0. The average Bonchev–Trinajstić information content (AvgIpc) is 2.93. The number of likely N-dealkylation sites (tertiary alicyclic amines) is 1. The highest BCUT2D eigenvalue weighted by Gasteiger charge is 2.45. The second kappa shape index (κ2) is 5.40. The van der Waals surface area contributed by atoms with Gasteiger partial charge in [0, 0.05) is 24.4 Å². The van der Waals surface area contributed by atoms with E-state index in [0.717, 1.165) is 25.3 Å². The maximum absolute atomic E-state index is 12.8. The minimum atomic E-state index is 0.306. The monoisotopic (exact) mass is 269 g/mol. The van der Waals surface area contributed by atoms with E-state index in [-0.39, 0.29) is 0 Å². The van der Waals surface area contributed by atoms with Gasteiger partial charge in [0.1, 0.15) is 0 Å². The Hall–Kier alpha value is -0.240. The number of fused-ring (bicyclic) bond motifs is 2. The van der Waals surface area contributed by atoms with Crippen molar-refractivity contribution in [2.45, 2.75) is 57.4 Å². The third-order valence-corrected chi connectivity index (χ3v) is 5.75. The number of rotatable bonds is 2. The summed E-state index contributed by atoms with van der Waals surface area (Å²) in [4.78, 5) is 14.9. The molecule has 0 spiro atoms. The first-order chi connectivity index (χ1) is 8.79. The molecule has 0 N–H and O–H groups in total. The summed E-state index contributed by atoms with van der Waals surface area (Å²) < 4.78 is 0. The van der Waals surface area contributed by atoms with Crippen LogP contribution in [0.1, 0.15) is 51.4 Å². The number of carbonyl (C=O) groups is 1. The fourth-order valence-corrected chi connectivity index (χ4v) is 4.71. The van der Waals surface area contributed by atoms with Crippen LogP contribution in [0.15, 0.2) is 0 Å². The van der Waals surface area contributed by atoms with Gasteiger partial charge in [-0.25, -0.2) is 0 Å². The van der Waals surface area contributed by atoms with Crippen molar-refractivity contribution in [1.82, 2.24) is 4.90 Å². The Morgan fingerprint density at radius 3 is 2.67 bits per heavy atom. The summed E-state index contributed by atoms with van der Waals surface area (Å²) in [6.07, 6.45) is 9.90. The van der Waals surface area contributed by atoms with E-state index in [4.69, 9.17) is 11.6 Å². The molecule has 0 aromatic rings. The van der Waals surface area contributed by atoms with Gasteiger partial charge in [-0.3, -0.25) is 4.79 Å². The van der Waals surface area contributed by atoms with Crippen molar-refractivity contribution in [3.63, 3.8) is 0 Å². The topological polar surface area (TPSA) is 20.3 Å². The number of amides is 1. The van der Waals surface area contributed by atoms with Gasteiger partial charge in [-0.1, -0.05) is 19.3 Å². The van der Waals surface area contributed by atoms with Crippen LogP contribution in [0.4, 0.5) is 0 Å². The molecule has 2 saturated carbocycles. The molecule has 1 aliphatic heterocycles. The molecule has 102 valence electrons. The van der Waals surface area contributed by atoms with E-state index in [1.807, 2.05) is 0 Å². The predicted molar refractivity (Wildman–Crippen MR) is 73.6 cm³/mol. The molecule has 0 aromatic heterocycles. The second-order valence-corrected chi connectivity index (χ2v) is 6.78. The third-order valence-electron chi connectivity index (χ3n) is 5.39. The van der Waals surface area contributed by atoms with Crippen molar-refractivity contribution in [2.24, 2.45) is 17.8 Å². The van der Waals surface area contributed by atoms with E-state index in [2.05, 4.69) is 4.90 Å². The van der Waals surface area contributed by atoms with Gasteiger partial charge in [-0.2, -0.15) is 0 Å². The van der Waals surface area contributed by atoms with Gasteiger partial charge in [0.2, 0.25) is 5.91 Å². The molecule has 3 fully saturated rings. The zero-order valence-corrected chi connectivity index (χ0v) is 11.9. The SMILES string of the molecule is O=C(C1CC2CCC1C2)N1CCCCCC1CCl. The number of hydrogen-bond acceptors (Lipinski definition) is 1. The van der Waals surface area contributed by atoms with Gasteiger partial charge in [-0.05, 0) is 43.9 Å². The lowest BCUT2D eigenvalue weighted by Crippen LogP contribution is -2.45. The van der Waals surface area contributed by atoms with Crippen LogP contribution in [0, 0.1) is 17.8 Å². The summed E-state index contributed by atoms with van der Waals surface area (Å²) in [5, 5.41) is 0. The van der Waals surface area contributed by atoms with Gasteiger partial charge >= 0.3 is 0 Å². The van der Waals surface area contributed by atoms with Gasteiger partial charge in [0.25, 0.3) is 0 Å². The van der Waals surface area contributed by atoms with Crippen LogP contribution >= 0.6 is 11.6 Å². The molecular formula is C15H24ClNO. The highest BCUT2D eigenvalue weighted by atomic mass is 35.5. The lowest BCUT2D eigenvalue weighted by atomic mass is 9.87. The average molecular weight is 270 g/mol. The molecule has 1 saturated heterocycles. The van der Waals surface area contributed by atoms with Gasteiger partial charge in [0.05, 0.1) is 0 Å². The molecule has 1 amide bonds. The molecule has 4 atom stereocenters. The standard InChI is InChI=1S/C15H24ClNO/c16-10-13-4-2-1-3-7-17(13)15(18)14-9-11-5-6-12(14)8-11/h11-14H,1-10H2. The molecule has 0 radical (unpaired) electrons. The van der Waals surface area contributed by atoms with Crippen LogP contribution < -0.4 is 0 Å². The molecule has 1 heterocycles. The summed E-state index contributed by atoms with van der Waals surface area (Å²) in [6.45, 7) is 0.949. The van der Waals surface area contributed by atoms with E-state index in [9.17, 15) is 4.79 Å². The third kappa shape index (κ3) is 2.29. The van der Waals surface area contributed by atoms with Crippen molar-refractivity contribution in [2.75, 3.05) is 12.4 Å². The minimum absolute atomic E-state index is 0.306. The maximum atomic E-state index is 12.8. The Morgan fingerprint density at radius 2 is 2.00 bits per heavy atom. The molecule has 3 heteroatoms. The minimum Gasteiger partial charge on any atom is -0.338 e. The number of alkyl halides is 1. The van der Waals surface area contributed by atoms with Crippen molar-refractivity contribution in [1.29, 1.82) is 0 Å². The van der Waals surface area contributed by atoms with E-state index in [1.165, 1.54) is 38.5 Å². The fourth-order valence-electron chi connectivity index (χ4n) is 4.39. The van der Waals surface area contributed by atoms with Crippen molar-refractivity contribution in [3.05, 3.63) is 0 Å². The van der Waals surface area contributed by atoms with Crippen LogP contribution in [0.3, 0.4) is 0 Å². The lowest BCUT2D eigenvalue weighted by Gasteiger charge is -2.33. The Morgan fingerprint density at radius 1 is 1.11 bits per heavy atom. The van der Waals surface area contributed by atoms with Crippen LogP contribution in [0.2, 0.25) is 0 Å². The molecule has 4 unspecified atom stereocenters. The van der Waals surface area contributed by atoms with Gasteiger partial charge in [0.15, 0.2) is 0 Å². The number of halogens is 1. The first-order valence-corrected chi connectivity index (χ1v) is 8.19. The van der Waals surface area contributed by atoms with E-state index >= 15 is 0 Å². The van der Waals surface area contributed by atoms with Crippen LogP contribution in [-0.4, -0.2) is 29.3 Å². The lowest BCUT2D eigenvalue weighted by molar-refractivity contribution is -0.139. The molecular weight excluding hydrogens is 246 g/mol. The fraction of sp³-hybridized carbons (Fsp3) is 0.933. The van der Waals surface area contributed by atoms with Crippen LogP contribution in [-0.2, 0) is 4.79 Å². The molecule has 0 aromatic carbocycles. The molecule has 18 heavy (non-hydrogen) atoms. The molecule has 3 rings (SSSR count). The highest BCUT2D eigenvalue weighted by molar-refractivity contribution is 6.18. The maximum Gasteiger partial charge on any atom is 0.226 e. The molecule has 2 bridgehead atoms. The Kier molecular flexibility index (Phi) is 3.83. The Labute approximate surface area is 115 Å². The van der Waals surface area contributed by atoms with E-state index < -0.39 is 0 Å². The predicted octanol–water partition coefficient (Wildman–Crippen LogP) is 3.43. The van der Waals surface area contributed by atoms with Gasteiger partial charge in [-0.15, -0.1) is 11.6 Å². The molecule has 2 nitrogen and oxygen atoms in total. The Bertz CT molecular complexity index is 320. The van der Waals surface area contributed by atoms with E-state index in [1.54, 1.807) is 0 Å². The quantitative estimate of drug-likeness (QED) is 0.704. The summed E-state index contributed by atoms with van der Waals surface area (Å²) >= 11 is 6.08. The smallest absolute Gasteiger partial charge is 0.226 e. The second-order valence-electron chi connectivity index (χ2n) is 6.47. The zero-order chi connectivity index (χ0) is 12.5. The van der Waals surface area contributed by atoms with E-state index in [0.29, 0.717) is 29.7 Å². The summed E-state index contributed by atoms with van der Waals surface area (Å²) in [6, 6.07) is 0.306. The molecule has 3 aliphatic rings. The van der Waals surface area contributed by atoms with Crippen molar-refractivity contribution < 1.29 is 4.79 Å². The number of carbonyl (C=O) groups excluding carboxylic acids is 1. The number of nitrogens with zero attached hydrogens (tertiary/aromatic N) is 1. The van der Waals surface area contributed by atoms with Crippen molar-refractivity contribution >= 4 is 17.5 Å². The first kappa shape index (κ1) is 12.8. The highest BCUT2D eigenvalue weighted by Crippen LogP contribution is 2.49. The summed E-state index contributed by atoms with van der Waals surface area (Å²) in [7, 11) is 0. The zero-order valence-electron chi connectivity index (χ0n) is 11.1. The van der Waals surface area contributed by atoms with Gasteiger partial charge < -0.3 is 4.90 Å². The normalized spacial score (nSPS) is 39.9. The summed E-state index contributed by atoms with van der Waals surface area (Å²) in [5.74, 6) is 2.95. The number of hydrogen-bond donors (Lipinski definition) is 0. The largest absolute Gasteiger partial charge is 0.338 e. The first-order valence-electron chi connectivity index (χ1n) is 7.66. The van der Waals surface area contributed by atoms with Crippen LogP contribution in [0.25, 0.3) is 0 Å². The van der Waals surface area contributed by atoms with Crippen LogP contribution in [0.5, 0.6) is 0 Å².